The molecular formula is C10H8F4O2. The highest BCUT2D eigenvalue weighted by Gasteiger charge is 2.34. The number of alkyl halides is 3. The maximum atomic E-state index is 12.8. The fourth-order valence-electron chi connectivity index (χ4n) is 1.14. The zero-order valence-corrected chi connectivity index (χ0v) is 8.18. The first-order valence-corrected chi connectivity index (χ1v) is 4.32. The number of Topliss-reactive ketones (excluding diaryl/α,β-unsaturated/α-hetero) is 1. The number of rotatable bonds is 2. The van der Waals surface area contributed by atoms with Crippen LogP contribution < -0.4 is 0 Å². The van der Waals surface area contributed by atoms with Gasteiger partial charge in [0.15, 0.2) is 5.78 Å². The first kappa shape index (κ1) is 12.6. The molecule has 16 heavy (non-hydrogen) atoms. The summed E-state index contributed by atoms with van der Waals surface area (Å²) in [5, 5.41) is 8.91. The van der Waals surface area contributed by atoms with Crippen molar-refractivity contribution in [1.29, 1.82) is 0 Å². The molecule has 0 unspecified atom stereocenters. The minimum atomic E-state index is -4.86. The molecule has 1 aromatic rings. The number of halogens is 4. The van der Waals surface area contributed by atoms with Gasteiger partial charge in [0.1, 0.15) is 11.9 Å². The minimum absolute atomic E-state index is 0.372. The van der Waals surface area contributed by atoms with Crippen molar-refractivity contribution in [3.8, 4) is 0 Å². The molecule has 0 saturated carbocycles. The van der Waals surface area contributed by atoms with Crippen molar-refractivity contribution in [2.24, 2.45) is 0 Å². The average Bonchev–Trinajstić information content (AvgIpc) is 2.15. The number of hydrogen-bond acceptors (Lipinski definition) is 2. The molecule has 6 heteroatoms. The van der Waals surface area contributed by atoms with E-state index in [-0.39, 0.29) is 5.56 Å². The Hall–Kier alpha value is -1.43. The Labute approximate surface area is 88.5 Å². The molecule has 0 aromatic heterocycles. The van der Waals surface area contributed by atoms with Crippen LogP contribution in [0.4, 0.5) is 17.6 Å². The standard InChI is InChI=1S/C10H8F4O2/c1-5(15)9(16)6-2-3-8(11)7(4-6)10(12,13)14/h2-5,15H,1H3/t5-/m0/s1. The summed E-state index contributed by atoms with van der Waals surface area (Å²) in [6, 6.07) is 1.85. The van der Waals surface area contributed by atoms with Gasteiger partial charge < -0.3 is 5.11 Å². The molecule has 2 nitrogen and oxygen atoms in total. The molecule has 0 aliphatic carbocycles. The molecule has 0 radical (unpaired) electrons. The van der Waals surface area contributed by atoms with Crippen LogP contribution in [-0.4, -0.2) is 17.0 Å². The molecule has 1 aromatic carbocycles. The first-order chi connectivity index (χ1) is 7.23. The second-order valence-corrected chi connectivity index (χ2v) is 3.23. The van der Waals surface area contributed by atoms with E-state index in [1.54, 1.807) is 0 Å². The SMILES string of the molecule is C[C@H](O)C(=O)c1ccc(F)c(C(F)(F)F)c1. The summed E-state index contributed by atoms with van der Waals surface area (Å²) < 4.78 is 49.7. The fraction of sp³-hybridized carbons (Fsp3) is 0.300. The lowest BCUT2D eigenvalue weighted by Crippen LogP contribution is -2.18. The highest BCUT2D eigenvalue weighted by Crippen LogP contribution is 2.32. The van der Waals surface area contributed by atoms with Crippen molar-refractivity contribution in [3.05, 3.63) is 35.1 Å². The van der Waals surface area contributed by atoms with Gasteiger partial charge in [-0.15, -0.1) is 0 Å². The summed E-state index contributed by atoms with van der Waals surface area (Å²) in [5.41, 5.74) is -1.89. The lowest BCUT2D eigenvalue weighted by atomic mass is 10.0. The average molecular weight is 236 g/mol. The second kappa shape index (κ2) is 4.21. The molecule has 0 aliphatic rings. The molecule has 1 rings (SSSR count). The third-order valence-electron chi connectivity index (χ3n) is 1.94. The van der Waals surface area contributed by atoms with E-state index < -0.39 is 29.4 Å². The summed E-state index contributed by atoms with van der Waals surface area (Å²) in [4.78, 5) is 11.2. The maximum absolute atomic E-state index is 12.8. The predicted molar refractivity (Wildman–Crippen MR) is 47.4 cm³/mol. The van der Waals surface area contributed by atoms with Crippen molar-refractivity contribution >= 4 is 5.78 Å². The van der Waals surface area contributed by atoms with Crippen LogP contribution in [0.1, 0.15) is 22.8 Å². The van der Waals surface area contributed by atoms with Gasteiger partial charge in [-0.1, -0.05) is 0 Å². The summed E-state index contributed by atoms with van der Waals surface area (Å²) in [5.74, 6) is -2.33. The van der Waals surface area contributed by atoms with Crippen LogP contribution in [0.25, 0.3) is 0 Å². The van der Waals surface area contributed by atoms with E-state index in [9.17, 15) is 22.4 Å². The molecule has 0 amide bonds. The van der Waals surface area contributed by atoms with E-state index in [1.807, 2.05) is 0 Å². The molecule has 88 valence electrons. The molecule has 0 fully saturated rings. The third-order valence-corrected chi connectivity index (χ3v) is 1.94. The van der Waals surface area contributed by atoms with Gasteiger partial charge in [0.05, 0.1) is 5.56 Å². The van der Waals surface area contributed by atoms with E-state index in [0.717, 1.165) is 13.0 Å². The lowest BCUT2D eigenvalue weighted by Gasteiger charge is -2.10. The Bertz CT molecular complexity index is 410. The summed E-state index contributed by atoms with van der Waals surface area (Å²) in [6.45, 7) is 1.12. The quantitative estimate of drug-likeness (QED) is 0.632. The molecule has 1 atom stereocenters. The van der Waals surface area contributed by atoms with Crippen molar-refractivity contribution in [2.75, 3.05) is 0 Å². The van der Waals surface area contributed by atoms with Gasteiger partial charge in [0, 0.05) is 5.56 Å². The number of aliphatic hydroxyl groups excluding tert-OH is 1. The Morgan fingerprint density at radius 1 is 1.38 bits per heavy atom. The monoisotopic (exact) mass is 236 g/mol. The van der Waals surface area contributed by atoms with Crippen molar-refractivity contribution in [2.45, 2.75) is 19.2 Å². The molecule has 0 aliphatic heterocycles. The van der Waals surface area contributed by atoms with Crippen molar-refractivity contribution < 1.29 is 27.5 Å². The van der Waals surface area contributed by atoms with Gasteiger partial charge in [0.25, 0.3) is 0 Å². The molecular weight excluding hydrogens is 228 g/mol. The van der Waals surface area contributed by atoms with Crippen LogP contribution in [0.3, 0.4) is 0 Å². The van der Waals surface area contributed by atoms with Crippen LogP contribution in [0, 0.1) is 5.82 Å². The van der Waals surface area contributed by atoms with Gasteiger partial charge in [0.2, 0.25) is 0 Å². The largest absolute Gasteiger partial charge is 0.419 e. The Morgan fingerprint density at radius 3 is 2.38 bits per heavy atom. The van der Waals surface area contributed by atoms with E-state index in [2.05, 4.69) is 0 Å². The van der Waals surface area contributed by atoms with Crippen LogP contribution >= 0.6 is 0 Å². The van der Waals surface area contributed by atoms with Gasteiger partial charge in [-0.3, -0.25) is 4.79 Å². The molecule has 0 saturated heterocycles. The van der Waals surface area contributed by atoms with Gasteiger partial charge in [-0.05, 0) is 25.1 Å². The summed E-state index contributed by atoms with van der Waals surface area (Å²) >= 11 is 0. The number of carbonyl (C=O) groups is 1. The number of ketones is 1. The van der Waals surface area contributed by atoms with E-state index in [0.29, 0.717) is 12.1 Å². The Morgan fingerprint density at radius 2 is 1.94 bits per heavy atom. The maximum Gasteiger partial charge on any atom is 0.419 e. The highest BCUT2D eigenvalue weighted by atomic mass is 19.4. The van der Waals surface area contributed by atoms with Gasteiger partial charge in [-0.2, -0.15) is 13.2 Å². The third kappa shape index (κ3) is 2.57. The van der Waals surface area contributed by atoms with Crippen LogP contribution in [0.5, 0.6) is 0 Å². The van der Waals surface area contributed by atoms with Crippen LogP contribution in [0.2, 0.25) is 0 Å². The number of hydrogen-bond donors (Lipinski definition) is 1. The van der Waals surface area contributed by atoms with E-state index in [1.165, 1.54) is 0 Å². The molecule has 0 heterocycles. The van der Waals surface area contributed by atoms with Gasteiger partial charge in [-0.25, -0.2) is 4.39 Å². The zero-order valence-electron chi connectivity index (χ0n) is 8.18. The topological polar surface area (TPSA) is 37.3 Å². The number of carbonyl (C=O) groups excluding carboxylic acids is 1. The van der Waals surface area contributed by atoms with E-state index in [4.69, 9.17) is 5.11 Å². The molecule has 0 bridgehead atoms. The zero-order chi connectivity index (χ0) is 12.5. The van der Waals surface area contributed by atoms with Crippen LogP contribution in [0.15, 0.2) is 18.2 Å². The predicted octanol–water partition coefficient (Wildman–Crippen LogP) is 2.41. The highest BCUT2D eigenvalue weighted by molar-refractivity contribution is 5.99. The smallest absolute Gasteiger partial charge is 0.385 e. The number of benzene rings is 1. The summed E-state index contributed by atoms with van der Waals surface area (Å²) in [7, 11) is 0. The number of aliphatic hydroxyl groups is 1. The minimum Gasteiger partial charge on any atom is -0.385 e. The molecule has 1 N–H and O–H groups in total. The summed E-state index contributed by atoms with van der Waals surface area (Å²) in [6.07, 6.45) is -6.29. The Balaban J connectivity index is 3.23. The normalized spacial score (nSPS) is 13.6. The Kier molecular flexibility index (Phi) is 3.32. The fourth-order valence-corrected chi connectivity index (χ4v) is 1.14. The lowest BCUT2D eigenvalue weighted by molar-refractivity contribution is -0.140. The van der Waals surface area contributed by atoms with E-state index >= 15 is 0 Å². The first-order valence-electron chi connectivity index (χ1n) is 4.32. The van der Waals surface area contributed by atoms with Crippen LogP contribution in [-0.2, 0) is 6.18 Å². The van der Waals surface area contributed by atoms with Crippen molar-refractivity contribution in [1.82, 2.24) is 0 Å². The second-order valence-electron chi connectivity index (χ2n) is 3.23. The molecule has 0 spiro atoms. The van der Waals surface area contributed by atoms with Gasteiger partial charge >= 0.3 is 6.18 Å². The van der Waals surface area contributed by atoms with Crippen molar-refractivity contribution in [3.63, 3.8) is 0 Å².